The number of allylic oxidation sites excluding steroid dienone is 2. The molecule has 0 aromatic heterocycles. The minimum absolute atomic E-state index is 0.0312. The zero-order chi connectivity index (χ0) is 20.7. The second-order valence-corrected chi connectivity index (χ2v) is 8.35. The molecule has 1 unspecified atom stereocenters. The van der Waals surface area contributed by atoms with E-state index in [4.69, 9.17) is 4.74 Å². The lowest BCUT2D eigenvalue weighted by Crippen LogP contribution is -2.17. The lowest BCUT2D eigenvalue weighted by atomic mass is 10.00. The molecule has 0 N–H and O–H groups in total. The van der Waals surface area contributed by atoms with Crippen LogP contribution in [0, 0.1) is 5.92 Å². The van der Waals surface area contributed by atoms with Gasteiger partial charge in [-0.25, -0.2) is 0 Å². The van der Waals surface area contributed by atoms with Gasteiger partial charge in [0, 0.05) is 0 Å². The maximum Gasteiger partial charge on any atom is 0.308 e. The Labute approximate surface area is 176 Å². The topological polar surface area (TPSA) is 26.3 Å². The fourth-order valence-corrected chi connectivity index (χ4v) is 3.58. The molecule has 0 saturated carbocycles. The van der Waals surface area contributed by atoms with Gasteiger partial charge in [0.2, 0.25) is 0 Å². The molecular weight excluding hydrogens is 344 g/mol. The molecule has 0 aliphatic heterocycles. The van der Waals surface area contributed by atoms with Crippen molar-refractivity contribution < 1.29 is 9.53 Å². The van der Waals surface area contributed by atoms with Crippen LogP contribution >= 0.6 is 0 Å². The predicted molar refractivity (Wildman–Crippen MR) is 124 cm³/mol. The molecule has 0 spiro atoms. The first kappa shape index (κ1) is 27.2. The van der Waals surface area contributed by atoms with Crippen molar-refractivity contribution in [2.45, 2.75) is 136 Å². The van der Waals surface area contributed by atoms with Crippen molar-refractivity contribution in [1.29, 1.82) is 0 Å². The molecule has 28 heavy (non-hydrogen) atoms. The second kappa shape index (κ2) is 22.5. The third-order valence-electron chi connectivity index (χ3n) is 5.63. The van der Waals surface area contributed by atoms with Crippen molar-refractivity contribution >= 4 is 5.97 Å². The summed E-state index contributed by atoms with van der Waals surface area (Å²) in [4.78, 5) is 12.0. The summed E-state index contributed by atoms with van der Waals surface area (Å²) in [6, 6.07) is 0. The minimum Gasteiger partial charge on any atom is -0.465 e. The quantitative estimate of drug-likeness (QED) is 0.110. The van der Waals surface area contributed by atoms with Crippen LogP contribution in [-0.4, -0.2) is 12.6 Å². The maximum absolute atomic E-state index is 12.0. The lowest BCUT2D eigenvalue weighted by Gasteiger charge is -2.13. The molecular formula is C26H50O2. The zero-order valence-corrected chi connectivity index (χ0v) is 19.5. The molecule has 0 aromatic carbocycles. The van der Waals surface area contributed by atoms with Gasteiger partial charge in [0.25, 0.3) is 0 Å². The molecule has 0 rings (SSSR count). The lowest BCUT2D eigenvalue weighted by molar-refractivity contribution is -0.149. The van der Waals surface area contributed by atoms with E-state index in [0.29, 0.717) is 6.61 Å². The summed E-state index contributed by atoms with van der Waals surface area (Å²) in [6.45, 7) is 7.15. The summed E-state index contributed by atoms with van der Waals surface area (Å²) >= 11 is 0. The van der Waals surface area contributed by atoms with Crippen LogP contribution in [0.1, 0.15) is 136 Å². The average molecular weight is 395 g/mol. The van der Waals surface area contributed by atoms with Crippen molar-refractivity contribution in [3.63, 3.8) is 0 Å². The number of unbranched alkanes of at least 4 members (excludes halogenated alkanes) is 13. The summed E-state index contributed by atoms with van der Waals surface area (Å²) in [5.41, 5.74) is 0. The largest absolute Gasteiger partial charge is 0.465 e. The molecule has 0 radical (unpaired) electrons. The number of carbonyl (C=O) groups excluding carboxylic acids is 1. The molecule has 0 aliphatic carbocycles. The van der Waals surface area contributed by atoms with Gasteiger partial charge in [0.15, 0.2) is 0 Å². The van der Waals surface area contributed by atoms with Gasteiger partial charge in [-0.1, -0.05) is 104 Å². The van der Waals surface area contributed by atoms with E-state index in [1.54, 1.807) is 0 Å². The molecule has 0 amide bonds. The molecule has 166 valence electrons. The van der Waals surface area contributed by atoms with Crippen LogP contribution in [-0.2, 0) is 9.53 Å². The molecule has 0 aliphatic rings. The van der Waals surface area contributed by atoms with E-state index >= 15 is 0 Å². The first-order valence-electron chi connectivity index (χ1n) is 12.6. The van der Waals surface area contributed by atoms with E-state index in [1.807, 2.05) is 0 Å². The Kier molecular flexibility index (Phi) is 21.9. The predicted octanol–water partition coefficient (Wildman–Crippen LogP) is 8.78. The van der Waals surface area contributed by atoms with Gasteiger partial charge < -0.3 is 4.74 Å². The second-order valence-electron chi connectivity index (χ2n) is 8.35. The smallest absolute Gasteiger partial charge is 0.308 e. The van der Waals surface area contributed by atoms with E-state index < -0.39 is 0 Å². The maximum atomic E-state index is 12.0. The van der Waals surface area contributed by atoms with Crippen LogP contribution < -0.4 is 0 Å². The highest BCUT2D eigenvalue weighted by Crippen LogP contribution is 2.15. The van der Waals surface area contributed by atoms with Crippen LogP contribution in [0.15, 0.2) is 12.2 Å². The van der Waals surface area contributed by atoms with Gasteiger partial charge in [-0.2, -0.15) is 0 Å². The Hall–Kier alpha value is -0.790. The van der Waals surface area contributed by atoms with Gasteiger partial charge in [-0.3, -0.25) is 4.79 Å². The SMILES string of the molecule is CCCCCCCC/C=C\CCCCCCCCOC(=O)C(CC)CCCC. The van der Waals surface area contributed by atoms with Crippen LogP contribution in [0.25, 0.3) is 0 Å². The third-order valence-corrected chi connectivity index (χ3v) is 5.63. The van der Waals surface area contributed by atoms with Crippen LogP contribution in [0.4, 0.5) is 0 Å². The highest BCUT2D eigenvalue weighted by molar-refractivity contribution is 5.72. The minimum atomic E-state index is 0.0312. The van der Waals surface area contributed by atoms with E-state index in [-0.39, 0.29) is 11.9 Å². The molecule has 0 fully saturated rings. The summed E-state index contributed by atoms with van der Waals surface area (Å²) in [6.07, 6.45) is 27.2. The first-order chi connectivity index (χ1) is 13.8. The van der Waals surface area contributed by atoms with Gasteiger partial charge >= 0.3 is 5.97 Å². The van der Waals surface area contributed by atoms with Crippen LogP contribution in [0.3, 0.4) is 0 Å². The van der Waals surface area contributed by atoms with E-state index in [9.17, 15) is 4.79 Å². The average Bonchev–Trinajstić information content (AvgIpc) is 2.70. The Bertz CT molecular complexity index is 348. The number of hydrogen-bond acceptors (Lipinski definition) is 2. The van der Waals surface area contributed by atoms with E-state index in [1.165, 1.54) is 83.5 Å². The normalized spacial score (nSPS) is 12.5. The van der Waals surface area contributed by atoms with Crippen LogP contribution in [0.2, 0.25) is 0 Å². The van der Waals surface area contributed by atoms with Gasteiger partial charge in [0.05, 0.1) is 12.5 Å². The first-order valence-corrected chi connectivity index (χ1v) is 12.6. The highest BCUT2D eigenvalue weighted by Gasteiger charge is 2.16. The molecule has 2 heteroatoms. The van der Waals surface area contributed by atoms with Crippen molar-refractivity contribution in [3.05, 3.63) is 12.2 Å². The van der Waals surface area contributed by atoms with Crippen molar-refractivity contribution in [3.8, 4) is 0 Å². The molecule has 1 atom stereocenters. The number of ether oxygens (including phenoxy) is 1. The fourth-order valence-electron chi connectivity index (χ4n) is 3.58. The number of esters is 1. The Balaban J connectivity index is 3.32. The fraction of sp³-hybridized carbons (Fsp3) is 0.885. The highest BCUT2D eigenvalue weighted by atomic mass is 16.5. The van der Waals surface area contributed by atoms with Gasteiger partial charge in [-0.05, 0) is 44.9 Å². The molecule has 0 bridgehead atoms. The summed E-state index contributed by atoms with van der Waals surface area (Å²) in [5, 5.41) is 0. The Morgan fingerprint density at radius 3 is 1.71 bits per heavy atom. The molecule has 0 heterocycles. The Morgan fingerprint density at radius 1 is 0.679 bits per heavy atom. The van der Waals surface area contributed by atoms with Crippen LogP contribution in [0.5, 0.6) is 0 Å². The number of rotatable bonds is 21. The van der Waals surface area contributed by atoms with Crippen molar-refractivity contribution in [1.82, 2.24) is 0 Å². The van der Waals surface area contributed by atoms with Crippen molar-refractivity contribution in [2.75, 3.05) is 6.61 Å². The molecule has 0 aromatic rings. The monoisotopic (exact) mass is 394 g/mol. The summed E-state index contributed by atoms with van der Waals surface area (Å²) in [5.74, 6) is 0.151. The van der Waals surface area contributed by atoms with Gasteiger partial charge in [-0.15, -0.1) is 0 Å². The molecule has 2 nitrogen and oxygen atoms in total. The number of hydrogen-bond donors (Lipinski definition) is 0. The zero-order valence-electron chi connectivity index (χ0n) is 19.5. The third kappa shape index (κ3) is 18.6. The summed E-state index contributed by atoms with van der Waals surface area (Å²) in [7, 11) is 0. The Morgan fingerprint density at radius 2 is 1.18 bits per heavy atom. The van der Waals surface area contributed by atoms with E-state index in [0.717, 1.165) is 32.1 Å². The van der Waals surface area contributed by atoms with Gasteiger partial charge in [0.1, 0.15) is 0 Å². The number of carbonyl (C=O) groups is 1. The summed E-state index contributed by atoms with van der Waals surface area (Å²) < 4.78 is 5.46. The van der Waals surface area contributed by atoms with E-state index in [2.05, 4.69) is 32.9 Å². The standard InChI is InChI=1S/C26H50O2/c1-4-7-9-10-11-12-13-14-15-16-17-18-19-20-21-22-24-28-26(27)25(6-3)23-8-5-2/h14-15,25H,4-13,16-24H2,1-3H3/b15-14-. The van der Waals surface area contributed by atoms with Crippen molar-refractivity contribution in [2.24, 2.45) is 5.92 Å². The molecule has 0 saturated heterocycles.